The minimum atomic E-state index is -0.412. The Balaban J connectivity index is 1.78. The maximum Gasteiger partial charge on any atom is 0.233 e. The van der Waals surface area contributed by atoms with E-state index in [4.69, 9.17) is 5.73 Å². The molecule has 0 radical (unpaired) electrons. The molecule has 1 amide bonds. The van der Waals surface area contributed by atoms with E-state index in [-0.39, 0.29) is 5.91 Å². The third kappa shape index (κ3) is 2.80. The predicted octanol–water partition coefficient (Wildman–Crippen LogP) is 3.39. The number of carbonyl (C=O) groups is 1. The molecular formula is C16H21N3OS. The summed E-state index contributed by atoms with van der Waals surface area (Å²) in [4.78, 5) is 17.2. The molecule has 1 aromatic carbocycles. The Hall–Kier alpha value is -1.46. The zero-order chi connectivity index (χ0) is 14.9. The molecule has 1 aromatic heterocycles. The van der Waals surface area contributed by atoms with Crippen molar-refractivity contribution in [2.24, 2.45) is 17.1 Å². The van der Waals surface area contributed by atoms with Crippen LogP contribution < -0.4 is 11.1 Å². The number of nitrogens with zero attached hydrogens (tertiary/aromatic N) is 1. The van der Waals surface area contributed by atoms with E-state index in [9.17, 15) is 4.79 Å². The van der Waals surface area contributed by atoms with Crippen LogP contribution in [-0.2, 0) is 4.79 Å². The summed E-state index contributed by atoms with van der Waals surface area (Å²) in [6, 6.07) is 7.92. The fourth-order valence-electron chi connectivity index (χ4n) is 2.99. The van der Waals surface area contributed by atoms with Crippen LogP contribution in [0.1, 0.15) is 32.6 Å². The van der Waals surface area contributed by atoms with Gasteiger partial charge in [-0.05, 0) is 43.7 Å². The van der Waals surface area contributed by atoms with Crippen LogP contribution in [0.4, 0.5) is 5.13 Å². The van der Waals surface area contributed by atoms with Crippen molar-refractivity contribution in [1.82, 2.24) is 4.98 Å². The van der Waals surface area contributed by atoms with Crippen LogP contribution in [0.5, 0.6) is 0 Å². The van der Waals surface area contributed by atoms with Crippen molar-refractivity contribution in [1.29, 1.82) is 0 Å². The second kappa shape index (κ2) is 5.73. The molecule has 1 fully saturated rings. The molecule has 0 aliphatic heterocycles. The van der Waals surface area contributed by atoms with Crippen molar-refractivity contribution in [3.8, 4) is 0 Å². The van der Waals surface area contributed by atoms with Gasteiger partial charge in [0.1, 0.15) is 0 Å². The monoisotopic (exact) mass is 303 g/mol. The molecule has 3 N–H and O–H groups in total. The second-order valence-electron chi connectivity index (χ2n) is 6.11. The quantitative estimate of drug-likeness (QED) is 0.913. The fraction of sp³-hybridized carbons (Fsp3) is 0.500. The van der Waals surface area contributed by atoms with E-state index in [1.807, 2.05) is 24.3 Å². The Kier molecular flexibility index (Phi) is 3.95. The lowest BCUT2D eigenvalue weighted by Crippen LogP contribution is -2.44. The summed E-state index contributed by atoms with van der Waals surface area (Å²) in [7, 11) is 0. The molecule has 0 bridgehead atoms. The summed E-state index contributed by atoms with van der Waals surface area (Å²) in [5.74, 6) is 0.732. The number of nitrogens with one attached hydrogen (secondary N) is 1. The largest absolute Gasteiger partial charge is 0.329 e. The molecule has 0 unspecified atom stereocenters. The molecule has 21 heavy (non-hydrogen) atoms. The van der Waals surface area contributed by atoms with Crippen LogP contribution in [0.25, 0.3) is 10.2 Å². The Morgan fingerprint density at radius 2 is 2.14 bits per heavy atom. The van der Waals surface area contributed by atoms with E-state index in [1.165, 1.54) is 11.3 Å². The summed E-state index contributed by atoms with van der Waals surface area (Å²) in [5, 5.41) is 3.67. The highest BCUT2D eigenvalue weighted by Crippen LogP contribution is 2.39. The molecule has 1 saturated carbocycles. The Morgan fingerprint density at radius 1 is 1.43 bits per heavy atom. The van der Waals surface area contributed by atoms with Crippen molar-refractivity contribution >= 4 is 32.6 Å². The first kappa shape index (κ1) is 14.5. The number of aromatic nitrogens is 1. The number of nitrogens with two attached hydrogens (primary N) is 1. The number of hydrogen-bond donors (Lipinski definition) is 2. The van der Waals surface area contributed by atoms with Gasteiger partial charge in [0.25, 0.3) is 0 Å². The maximum absolute atomic E-state index is 12.7. The van der Waals surface area contributed by atoms with E-state index in [0.29, 0.717) is 17.6 Å². The number of fused-ring (bicyclic) bond motifs is 1. The second-order valence-corrected chi connectivity index (χ2v) is 7.14. The number of benzene rings is 1. The molecule has 2 aromatic rings. The van der Waals surface area contributed by atoms with E-state index in [1.54, 1.807) is 0 Å². The summed E-state index contributed by atoms with van der Waals surface area (Å²) in [5.41, 5.74) is 6.45. The number of rotatable bonds is 3. The summed E-state index contributed by atoms with van der Waals surface area (Å²) in [6.45, 7) is 2.66. The van der Waals surface area contributed by atoms with E-state index >= 15 is 0 Å². The molecule has 0 spiro atoms. The molecule has 3 rings (SSSR count). The van der Waals surface area contributed by atoms with E-state index < -0.39 is 5.41 Å². The maximum atomic E-state index is 12.7. The first-order valence-corrected chi connectivity index (χ1v) is 8.32. The lowest BCUT2D eigenvalue weighted by atomic mass is 9.70. The van der Waals surface area contributed by atoms with Gasteiger partial charge in [-0.15, -0.1) is 0 Å². The summed E-state index contributed by atoms with van der Waals surface area (Å²) >= 11 is 1.52. The standard InChI is InChI=1S/C16H21N3OS/c1-11-6-8-16(10-17,9-7-11)14(20)19-15-18-12-4-2-3-5-13(12)21-15/h2-5,11H,6-10,17H2,1H3,(H,18,19,20). The Labute approximate surface area is 128 Å². The number of amides is 1. The van der Waals surface area contributed by atoms with Crippen LogP contribution in [-0.4, -0.2) is 17.4 Å². The Bertz CT molecular complexity index is 611. The van der Waals surface area contributed by atoms with Crippen molar-refractivity contribution < 1.29 is 4.79 Å². The average Bonchev–Trinajstić information content (AvgIpc) is 2.90. The van der Waals surface area contributed by atoms with Gasteiger partial charge in [-0.1, -0.05) is 30.4 Å². The molecule has 1 aliphatic carbocycles. The van der Waals surface area contributed by atoms with Gasteiger partial charge in [0.15, 0.2) is 5.13 Å². The highest BCUT2D eigenvalue weighted by molar-refractivity contribution is 7.22. The van der Waals surface area contributed by atoms with Crippen molar-refractivity contribution in [2.45, 2.75) is 32.6 Å². The molecule has 1 aliphatic rings. The van der Waals surface area contributed by atoms with Crippen LogP contribution in [0, 0.1) is 11.3 Å². The highest BCUT2D eigenvalue weighted by atomic mass is 32.1. The highest BCUT2D eigenvalue weighted by Gasteiger charge is 2.40. The third-order valence-electron chi connectivity index (χ3n) is 4.62. The number of anilines is 1. The molecule has 5 heteroatoms. The van der Waals surface area contributed by atoms with Gasteiger partial charge in [-0.2, -0.15) is 0 Å². The molecule has 112 valence electrons. The van der Waals surface area contributed by atoms with Crippen molar-refractivity contribution in [3.63, 3.8) is 0 Å². The number of para-hydroxylation sites is 1. The zero-order valence-electron chi connectivity index (χ0n) is 12.3. The lowest BCUT2D eigenvalue weighted by Gasteiger charge is -2.36. The molecule has 4 nitrogen and oxygen atoms in total. The molecule has 1 heterocycles. The van der Waals surface area contributed by atoms with Crippen LogP contribution in [0.15, 0.2) is 24.3 Å². The van der Waals surface area contributed by atoms with Gasteiger partial charge in [-0.3, -0.25) is 4.79 Å². The number of thiazole rings is 1. The van der Waals surface area contributed by atoms with E-state index in [0.717, 1.165) is 35.9 Å². The third-order valence-corrected chi connectivity index (χ3v) is 5.57. The lowest BCUT2D eigenvalue weighted by molar-refractivity contribution is -0.127. The summed E-state index contributed by atoms with van der Waals surface area (Å²) in [6.07, 6.45) is 3.90. The first-order valence-electron chi connectivity index (χ1n) is 7.50. The molecule has 0 atom stereocenters. The smallest absolute Gasteiger partial charge is 0.233 e. The normalized spacial score (nSPS) is 25.9. The first-order chi connectivity index (χ1) is 10.1. The Morgan fingerprint density at radius 3 is 2.81 bits per heavy atom. The fourth-order valence-corrected chi connectivity index (χ4v) is 3.85. The number of carbonyl (C=O) groups excluding carboxylic acids is 1. The molecule has 0 saturated heterocycles. The summed E-state index contributed by atoms with van der Waals surface area (Å²) < 4.78 is 1.09. The van der Waals surface area contributed by atoms with Gasteiger partial charge < -0.3 is 11.1 Å². The van der Waals surface area contributed by atoms with Crippen LogP contribution >= 0.6 is 11.3 Å². The van der Waals surface area contributed by atoms with Gasteiger partial charge in [0, 0.05) is 6.54 Å². The SMILES string of the molecule is CC1CCC(CN)(C(=O)Nc2nc3ccccc3s2)CC1. The molecular weight excluding hydrogens is 282 g/mol. The topological polar surface area (TPSA) is 68.0 Å². The zero-order valence-corrected chi connectivity index (χ0v) is 13.1. The van der Waals surface area contributed by atoms with Gasteiger partial charge in [0.05, 0.1) is 15.6 Å². The minimum absolute atomic E-state index is 0.0379. The van der Waals surface area contributed by atoms with Crippen molar-refractivity contribution in [3.05, 3.63) is 24.3 Å². The number of hydrogen-bond acceptors (Lipinski definition) is 4. The van der Waals surface area contributed by atoms with E-state index in [2.05, 4.69) is 17.2 Å². The average molecular weight is 303 g/mol. The minimum Gasteiger partial charge on any atom is -0.329 e. The van der Waals surface area contributed by atoms with Gasteiger partial charge in [0.2, 0.25) is 5.91 Å². The van der Waals surface area contributed by atoms with Crippen LogP contribution in [0.2, 0.25) is 0 Å². The van der Waals surface area contributed by atoms with Gasteiger partial charge in [-0.25, -0.2) is 4.98 Å². The van der Waals surface area contributed by atoms with Crippen LogP contribution in [0.3, 0.4) is 0 Å². The van der Waals surface area contributed by atoms with Crippen molar-refractivity contribution in [2.75, 3.05) is 11.9 Å². The predicted molar refractivity (Wildman–Crippen MR) is 87.4 cm³/mol. The van der Waals surface area contributed by atoms with Gasteiger partial charge >= 0.3 is 0 Å².